The number of halogens is 3. The van der Waals surface area contributed by atoms with Crippen LogP contribution in [0.15, 0.2) is 18.3 Å². The second-order valence-corrected chi connectivity index (χ2v) is 5.46. The summed E-state index contributed by atoms with van der Waals surface area (Å²) in [7, 11) is 0. The molecular formula is C12H6ClF2N3S. The van der Waals surface area contributed by atoms with E-state index in [4.69, 9.17) is 11.6 Å². The van der Waals surface area contributed by atoms with E-state index in [9.17, 15) is 8.78 Å². The number of hydrogen-bond acceptors (Lipinski definition) is 4. The molecule has 0 spiro atoms. The molecule has 0 N–H and O–H groups in total. The van der Waals surface area contributed by atoms with Gasteiger partial charge in [0.25, 0.3) is 0 Å². The van der Waals surface area contributed by atoms with E-state index in [-0.39, 0.29) is 21.9 Å². The molecule has 0 saturated carbocycles. The molecule has 0 saturated heterocycles. The number of benzene rings is 1. The van der Waals surface area contributed by atoms with E-state index in [0.717, 1.165) is 17.1 Å². The SMILES string of the molecule is Cc1ncc(-c2nc(Cl)c3cc(F)cc(F)c3n2)s1. The van der Waals surface area contributed by atoms with Gasteiger partial charge in [-0.1, -0.05) is 11.6 Å². The molecule has 0 bridgehead atoms. The Labute approximate surface area is 115 Å². The second-order valence-electron chi connectivity index (χ2n) is 3.87. The van der Waals surface area contributed by atoms with E-state index < -0.39 is 11.6 Å². The number of aryl methyl sites for hydroxylation is 1. The monoisotopic (exact) mass is 297 g/mol. The first-order chi connectivity index (χ1) is 9.04. The molecule has 2 aromatic heterocycles. The molecule has 19 heavy (non-hydrogen) atoms. The van der Waals surface area contributed by atoms with Crippen LogP contribution in [0.4, 0.5) is 8.78 Å². The van der Waals surface area contributed by atoms with E-state index in [0.29, 0.717) is 4.88 Å². The Bertz CT molecular complexity index is 788. The molecule has 3 aromatic rings. The highest BCUT2D eigenvalue weighted by molar-refractivity contribution is 7.14. The van der Waals surface area contributed by atoms with E-state index >= 15 is 0 Å². The van der Waals surface area contributed by atoms with Gasteiger partial charge in [0.1, 0.15) is 16.5 Å². The maximum Gasteiger partial charge on any atom is 0.173 e. The summed E-state index contributed by atoms with van der Waals surface area (Å²) in [6, 6.07) is 1.88. The Morgan fingerprint density at radius 1 is 1.21 bits per heavy atom. The van der Waals surface area contributed by atoms with E-state index in [1.54, 1.807) is 6.20 Å². The third-order valence-electron chi connectivity index (χ3n) is 2.51. The molecule has 0 unspecified atom stereocenters. The molecule has 0 radical (unpaired) electrons. The molecule has 1 aromatic carbocycles. The summed E-state index contributed by atoms with van der Waals surface area (Å²) in [5.74, 6) is -1.19. The van der Waals surface area contributed by atoms with Crippen molar-refractivity contribution in [3.8, 4) is 10.7 Å². The largest absolute Gasteiger partial charge is 0.249 e. The standard InChI is InChI=1S/C12H6ClF2N3S/c1-5-16-4-9(19-5)12-17-10-7(11(13)18-12)2-6(14)3-8(10)15/h2-4H,1H3. The highest BCUT2D eigenvalue weighted by atomic mass is 35.5. The van der Waals surface area contributed by atoms with Gasteiger partial charge in [0, 0.05) is 17.6 Å². The van der Waals surface area contributed by atoms with Gasteiger partial charge in [0.15, 0.2) is 11.6 Å². The van der Waals surface area contributed by atoms with Crippen LogP contribution in [-0.4, -0.2) is 15.0 Å². The lowest BCUT2D eigenvalue weighted by Crippen LogP contribution is -1.94. The van der Waals surface area contributed by atoms with E-state index in [1.165, 1.54) is 11.3 Å². The lowest BCUT2D eigenvalue weighted by molar-refractivity contribution is 0.590. The highest BCUT2D eigenvalue weighted by Gasteiger charge is 2.14. The van der Waals surface area contributed by atoms with Gasteiger partial charge in [-0.25, -0.2) is 23.7 Å². The summed E-state index contributed by atoms with van der Waals surface area (Å²) in [5, 5.41) is 1.02. The molecule has 96 valence electrons. The summed E-state index contributed by atoms with van der Waals surface area (Å²) in [4.78, 5) is 12.9. The zero-order chi connectivity index (χ0) is 13.6. The number of aromatic nitrogens is 3. The topological polar surface area (TPSA) is 38.7 Å². The van der Waals surface area contributed by atoms with Crippen molar-refractivity contribution in [2.24, 2.45) is 0 Å². The Kier molecular flexibility index (Phi) is 2.91. The average Bonchev–Trinajstić information content (AvgIpc) is 2.77. The summed E-state index contributed by atoms with van der Waals surface area (Å²) in [6.45, 7) is 1.84. The molecule has 7 heteroatoms. The summed E-state index contributed by atoms with van der Waals surface area (Å²) in [5.41, 5.74) is 0.00227. The van der Waals surface area contributed by atoms with Crippen LogP contribution in [0.2, 0.25) is 5.15 Å². The first kappa shape index (κ1) is 12.4. The third-order valence-corrected chi connectivity index (χ3v) is 3.71. The Morgan fingerprint density at radius 3 is 2.68 bits per heavy atom. The van der Waals surface area contributed by atoms with Gasteiger partial charge in [0.2, 0.25) is 0 Å². The molecule has 3 rings (SSSR count). The van der Waals surface area contributed by atoms with Crippen molar-refractivity contribution < 1.29 is 8.78 Å². The summed E-state index contributed by atoms with van der Waals surface area (Å²) >= 11 is 7.34. The summed E-state index contributed by atoms with van der Waals surface area (Å²) in [6.07, 6.45) is 1.60. The van der Waals surface area contributed by atoms with Crippen LogP contribution < -0.4 is 0 Å². The van der Waals surface area contributed by atoms with Crippen molar-refractivity contribution in [3.05, 3.63) is 40.1 Å². The first-order valence-electron chi connectivity index (χ1n) is 5.29. The Balaban J connectivity index is 2.30. The van der Waals surface area contributed by atoms with E-state index in [2.05, 4.69) is 15.0 Å². The lowest BCUT2D eigenvalue weighted by atomic mass is 10.2. The van der Waals surface area contributed by atoms with Gasteiger partial charge in [-0.3, -0.25) is 0 Å². The minimum absolute atomic E-state index is 0.00227. The number of fused-ring (bicyclic) bond motifs is 1. The smallest absolute Gasteiger partial charge is 0.173 e. The molecule has 0 aliphatic heterocycles. The predicted octanol–water partition coefficient (Wildman–Crippen LogP) is 3.99. The predicted molar refractivity (Wildman–Crippen MR) is 70.3 cm³/mol. The van der Waals surface area contributed by atoms with Crippen molar-refractivity contribution in [3.63, 3.8) is 0 Å². The molecule has 0 atom stereocenters. The van der Waals surface area contributed by atoms with Gasteiger partial charge >= 0.3 is 0 Å². The maximum atomic E-state index is 13.7. The Morgan fingerprint density at radius 2 is 2.00 bits per heavy atom. The van der Waals surface area contributed by atoms with Crippen molar-refractivity contribution in [1.29, 1.82) is 0 Å². The first-order valence-corrected chi connectivity index (χ1v) is 6.49. The van der Waals surface area contributed by atoms with Crippen molar-refractivity contribution >= 4 is 33.8 Å². The average molecular weight is 298 g/mol. The zero-order valence-corrected chi connectivity index (χ0v) is 11.2. The van der Waals surface area contributed by atoms with Crippen LogP contribution in [-0.2, 0) is 0 Å². The molecule has 0 amide bonds. The maximum absolute atomic E-state index is 13.7. The van der Waals surface area contributed by atoms with Crippen LogP contribution in [0.3, 0.4) is 0 Å². The normalized spacial score (nSPS) is 11.2. The van der Waals surface area contributed by atoms with Gasteiger partial charge in [-0.05, 0) is 13.0 Å². The third kappa shape index (κ3) is 2.17. The van der Waals surface area contributed by atoms with Gasteiger partial charge in [0.05, 0.1) is 9.88 Å². The van der Waals surface area contributed by atoms with Crippen LogP contribution in [0.5, 0.6) is 0 Å². The lowest BCUT2D eigenvalue weighted by Gasteiger charge is -2.03. The molecule has 0 fully saturated rings. The van der Waals surface area contributed by atoms with Gasteiger partial charge in [-0.2, -0.15) is 0 Å². The molecule has 2 heterocycles. The van der Waals surface area contributed by atoms with E-state index in [1.807, 2.05) is 6.92 Å². The van der Waals surface area contributed by atoms with Crippen LogP contribution in [0.25, 0.3) is 21.6 Å². The second kappa shape index (κ2) is 4.47. The molecule has 0 aliphatic carbocycles. The van der Waals surface area contributed by atoms with Crippen LogP contribution >= 0.6 is 22.9 Å². The van der Waals surface area contributed by atoms with Crippen molar-refractivity contribution in [1.82, 2.24) is 15.0 Å². The van der Waals surface area contributed by atoms with Gasteiger partial charge in [-0.15, -0.1) is 11.3 Å². The molecule has 0 aliphatic rings. The fourth-order valence-electron chi connectivity index (χ4n) is 1.70. The molecule has 3 nitrogen and oxygen atoms in total. The van der Waals surface area contributed by atoms with Gasteiger partial charge < -0.3 is 0 Å². The fraction of sp³-hybridized carbons (Fsp3) is 0.0833. The van der Waals surface area contributed by atoms with Crippen LogP contribution in [0, 0.1) is 18.6 Å². The zero-order valence-electron chi connectivity index (χ0n) is 9.62. The Hall–Kier alpha value is -1.66. The minimum Gasteiger partial charge on any atom is -0.249 e. The number of hydrogen-bond donors (Lipinski definition) is 0. The summed E-state index contributed by atoms with van der Waals surface area (Å²) < 4.78 is 26.9. The van der Waals surface area contributed by atoms with Crippen molar-refractivity contribution in [2.75, 3.05) is 0 Å². The highest BCUT2D eigenvalue weighted by Crippen LogP contribution is 2.29. The quantitative estimate of drug-likeness (QED) is 0.637. The van der Waals surface area contributed by atoms with Crippen LogP contribution in [0.1, 0.15) is 5.01 Å². The van der Waals surface area contributed by atoms with Crippen molar-refractivity contribution in [2.45, 2.75) is 6.92 Å². The number of nitrogens with zero attached hydrogens (tertiary/aromatic N) is 3. The number of thiazole rings is 1. The minimum atomic E-state index is -0.762. The number of rotatable bonds is 1. The fourth-order valence-corrected chi connectivity index (χ4v) is 2.63. The molecular weight excluding hydrogens is 292 g/mol.